The minimum absolute atomic E-state index is 0.443. The van der Waals surface area contributed by atoms with E-state index in [0.717, 1.165) is 22.5 Å². The Labute approximate surface area is 146 Å². The Kier molecular flexibility index (Phi) is 4.62. The monoisotopic (exact) mass is 339 g/mol. The molecule has 0 aliphatic carbocycles. The van der Waals surface area contributed by atoms with E-state index in [0.29, 0.717) is 16.8 Å². The fourth-order valence-corrected chi connectivity index (χ4v) is 2.62. The van der Waals surface area contributed by atoms with Crippen LogP contribution in [0.1, 0.15) is 16.7 Å². The van der Waals surface area contributed by atoms with Crippen molar-refractivity contribution in [2.75, 3.05) is 10.6 Å². The maximum absolute atomic E-state index is 5.99. The number of aryl methyl sites for hydroxylation is 3. The molecule has 0 amide bonds. The van der Waals surface area contributed by atoms with Gasteiger partial charge in [0, 0.05) is 16.4 Å². The van der Waals surface area contributed by atoms with Gasteiger partial charge in [0.05, 0.1) is 6.20 Å². The molecule has 1 aromatic heterocycles. The number of nitrogens with zero attached hydrogens (tertiary/aromatic N) is 3. The molecule has 2 aromatic carbocycles. The lowest BCUT2D eigenvalue weighted by molar-refractivity contribution is 0.981. The molecule has 0 unspecified atom stereocenters. The summed E-state index contributed by atoms with van der Waals surface area (Å²) < 4.78 is 0. The van der Waals surface area contributed by atoms with Crippen molar-refractivity contribution in [3.8, 4) is 0 Å². The molecule has 0 spiro atoms. The molecule has 5 nitrogen and oxygen atoms in total. The smallest absolute Gasteiger partial charge is 0.249 e. The average Bonchev–Trinajstić information content (AvgIpc) is 2.53. The van der Waals surface area contributed by atoms with Gasteiger partial charge in [-0.15, -0.1) is 5.10 Å². The Hall–Kier alpha value is -2.66. The van der Waals surface area contributed by atoms with Crippen LogP contribution in [0.25, 0.3) is 0 Å². The molecule has 0 saturated heterocycles. The SMILES string of the molecule is Cc1ccc(Nc2nncc(Nc3ccc(Cl)cc3C)n2)c(C)c1. The van der Waals surface area contributed by atoms with Gasteiger partial charge in [-0.1, -0.05) is 29.3 Å². The quantitative estimate of drug-likeness (QED) is 0.705. The van der Waals surface area contributed by atoms with Gasteiger partial charge in [-0.2, -0.15) is 10.1 Å². The summed E-state index contributed by atoms with van der Waals surface area (Å²) in [6.07, 6.45) is 1.58. The van der Waals surface area contributed by atoms with Gasteiger partial charge in [0.25, 0.3) is 0 Å². The highest BCUT2D eigenvalue weighted by Gasteiger charge is 2.06. The number of nitrogens with one attached hydrogen (secondary N) is 2. The van der Waals surface area contributed by atoms with Crippen LogP contribution in [-0.4, -0.2) is 15.2 Å². The van der Waals surface area contributed by atoms with Crippen molar-refractivity contribution in [2.24, 2.45) is 0 Å². The molecule has 0 fully saturated rings. The lowest BCUT2D eigenvalue weighted by Crippen LogP contribution is -2.03. The van der Waals surface area contributed by atoms with Gasteiger partial charge in [-0.05, 0) is 56.2 Å². The molecule has 0 aliphatic rings. The number of hydrogen-bond acceptors (Lipinski definition) is 5. The van der Waals surface area contributed by atoms with Gasteiger partial charge >= 0.3 is 0 Å². The van der Waals surface area contributed by atoms with E-state index in [9.17, 15) is 0 Å². The molecule has 0 radical (unpaired) electrons. The van der Waals surface area contributed by atoms with Gasteiger partial charge in [-0.3, -0.25) is 0 Å². The molecule has 24 heavy (non-hydrogen) atoms. The molecule has 0 atom stereocenters. The first-order valence-electron chi connectivity index (χ1n) is 7.58. The fraction of sp³-hybridized carbons (Fsp3) is 0.167. The first-order chi connectivity index (χ1) is 11.5. The van der Waals surface area contributed by atoms with Crippen LogP contribution < -0.4 is 10.6 Å². The van der Waals surface area contributed by atoms with Crippen LogP contribution in [-0.2, 0) is 0 Å². The zero-order chi connectivity index (χ0) is 17.1. The predicted octanol–water partition coefficient (Wildman–Crippen LogP) is 4.94. The molecule has 0 bridgehead atoms. The van der Waals surface area contributed by atoms with Crippen LogP contribution >= 0.6 is 11.6 Å². The van der Waals surface area contributed by atoms with E-state index in [4.69, 9.17) is 11.6 Å². The standard InChI is InChI=1S/C18H18ClN5/c1-11-4-6-16(12(2)8-11)22-18-23-17(10-20-24-18)21-15-7-5-14(19)9-13(15)3/h4-10H,1-3H3,(H2,21,22,23,24). The van der Waals surface area contributed by atoms with Crippen LogP contribution in [0.5, 0.6) is 0 Å². The maximum atomic E-state index is 5.99. The Morgan fingerprint density at radius 3 is 2.33 bits per heavy atom. The highest BCUT2D eigenvalue weighted by atomic mass is 35.5. The minimum Gasteiger partial charge on any atom is -0.339 e. The van der Waals surface area contributed by atoms with E-state index in [2.05, 4.69) is 38.8 Å². The van der Waals surface area contributed by atoms with Crippen molar-refractivity contribution in [3.05, 3.63) is 64.3 Å². The highest BCUT2D eigenvalue weighted by Crippen LogP contribution is 2.23. The Morgan fingerprint density at radius 1 is 0.875 bits per heavy atom. The third-order valence-corrected chi connectivity index (χ3v) is 3.87. The van der Waals surface area contributed by atoms with Crippen molar-refractivity contribution < 1.29 is 0 Å². The second-order valence-corrected chi connectivity index (χ2v) is 6.13. The number of halogens is 1. The highest BCUT2D eigenvalue weighted by molar-refractivity contribution is 6.30. The molecule has 0 saturated carbocycles. The van der Waals surface area contributed by atoms with Crippen molar-refractivity contribution in [3.63, 3.8) is 0 Å². The first-order valence-corrected chi connectivity index (χ1v) is 7.96. The van der Waals surface area contributed by atoms with Crippen molar-refractivity contribution in [1.82, 2.24) is 15.2 Å². The van der Waals surface area contributed by atoms with Gasteiger partial charge in [0.2, 0.25) is 5.95 Å². The van der Waals surface area contributed by atoms with Crippen LogP contribution in [0.15, 0.2) is 42.6 Å². The summed E-state index contributed by atoms with van der Waals surface area (Å²) in [7, 11) is 0. The molecular formula is C18H18ClN5. The third-order valence-electron chi connectivity index (χ3n) is 3.64. The van der Waals surface area contributed by atoms with Crippen LogP contribution in [0, 0.1) is 20.8 Å². The number of benzene rings is 2. The third kappa shape index (κ3) is 3.81. The second-order valence-electron chi connectivity index (χ2n) is 5.69. The zero-order valence-electron chi connectivity index (χ0n) is 13.8. The normalized spacial score (nSPS) is 10.5. The molecule has 122 valence electrons. The molecule has 2 N–H and O–H groups in total. The number of aromatic nitrogens is 3. The van der Waals surface area contributed by atoms with E-state index in [1.165, 1.54) is 5.56 Å². The zero-order valence-corrected chi connectivity index (χ0v) is 14.5. The molecule has 6 heteroatoms. The fourth-order valence-electron chi connectivity index (χ4n) is 2.40. The summed E-state index contributed by atoms with van der Waals surface area (Å²) >= 11 is 5.99. The lowest BCUT2D eigenvalue weighted by Gasteiger charge is -2.11. The van der Waals surface area contributed by atoms with Crippen LogP contribution in [0.3, 0.4) is 0 Å². The Morgan fingerprint density at radius 2 is 1.58 bits per heavy atom. The predicted molar refractivity (Wildman–Crippen MR) is 98.5 cm³/mol. The number of anilines is 4. The average molecular weight is 340 g/mol. The lowest BCUT2D eigenvalue weighted by atomic mass is 10.1. The summed E-state index contributed by atoms with van der Waals surface area (Å²) in [5.41, 5.74) is 5.26. The number of rotatable bonds is 4. The van der Waals surface area contributed by atoms with E-state index in [-0.39, 0.29) is 0 Å². The summed E-state index contributed by atoms with van der Waals surface area (Å²) in [5.74, 6) is 1.06. The van der Waals surface area contributed by atoms with E-state index in [1.54, 1.807) is 6.20 Å². The van der Waals surface area contributed by atoms with Crippen LogP contribution in [0.2, 0.25) is 5.02 Å². The number of hydrogen-bond donors (Lipinski definition) is 2. The summed E-state index contributed by atoms with van der Waals surface area (Å²) in [6, 6.07) is 11.8. The van der Waals surface area contributed by atoms with Gasteiger partial charge < -0.3 is 10.6 Å². The molecular weight excluding hydrogens is 322 g/mol. The molecule has 1 heterocycles. The van der Waals surface area contributed by atoms with E-state index < -0.39 is 0 Å². The van der Waals surface area contributed by atoms with E-state index in [1.807, 2.05) is 44.2 Å². The Bertz CT molecular complexity index is 810. The van der Waals surface area contributed by atoms with E-state index >= 15 is 0 Å². The van der Waals surface area contributed by atoms with Gasteiger partial charge in [-0.25, -0.2) is 0 Å². The second kappa shape index (κ2) is 6.84. The van der Waals surface area contributed by atoms with Gasteiger partial charge in [0.1, 0.15) is 0 Å². The minimum atomic E-state index is 0.443. The van der Waals surface area contributed by atoms with Gasteiger partial charge in [0.15, 0.2) is 5.82 Å². The van der Waals surface area contributed by atoms with Crippen molar-refractivity contribution >= 4 is 34.7 Å². The maximum Gasteiger partial charge on any atom is 0.249 e. The van der Waals surface area contributed by atoms with Crippen LogP contribution in [0.4, 0.5) is 23.1 Å². The largest absolute Gasteiger partial charge is 0.339 e. The summed E-state index contributed by atoms with van der Waals surface area (Å²) in [4.78, 5) is 4.46. The molecule has 3 aromatic rings. The topological polar surface area (TPSA) is 62.7 Å². The molecule has 3 rings (SSSR count). The summed E-state index contributed by atoms with van der Waals surface area (Å²) in [5, 5.41) is 15.2. The van der Waals surface area contributed by atoms with Crippen molar-refractivity contribution in [1.29, 1.82) is 0 Å². The molecule has 0 aliphatic heterocycles. The summed E-state index contributed by atoms with van der Waals surface area (Å²) in [6.45, 7) is 6.09. The van der Waals surface area contributed by atoms with Crippen molar-refractivity contribution in [2.45, 2.75) is 20.8 Å². The Balaban J connectivity index is 1.81. The first kappa shape index (κ1) is 16.2.